The van der Waals surface area contributed by atoms with Gasteiger partial charge in [-0.25, -0.2) is 0 Å². The normalized spacial score (nSPS) is 24.9. The van der Waals surface area contributed by atoms with E-state index in [1.54, 1.807) is 6.08 Å². The smallest absolute Gasteiger partial charge is 0.303 e. The van der Waals surface area contributed by atoms with Gasteiger partial charge in [-0.15, -0.1) is 0 Å². The lowest BCUT2D eigenvalue weighted by atomic mass is 9.73. The SMILES string of the molecule is CCCCC[C@H](O)/C=C/[C@H]1[C@H](O)CCC(=O)[C@@H]1CCCCCCC(=O)O. The van der Waals surface area contributed by atoms with E-state index in [1.165, 1.54) is 0 Å². The van der Waals surface area contributed by atoms with Gasteiger partial charge in [0.1, 0.15) is 5.78 Å². The fourth-order valence-corrected chi connectivity index (χ4v) is 3.72. The van der Waals surface area contributed by atoms with Crippen LogP contribution in [0.1, 0.15) is 84.0 Å². The predicted octanol–water partition coefficient (Wildman–Crippen LogP) is 3.87. The molecule has 0 aromatic carbocycles. The first kappa shape index (κ1) is 22.8. The molecule has 0 radical (unpaired) electrons. The molecular weight excluding hydrogens is 332 g/mol. The lowest BCUT2D eigenvalue weighted by Gasteiger charge is -2.33. The van der Waals surface area contributed by atoms with Crippen molar-refractivity contribution in [2.75, 3.05) is 0 Å². The summed E-state index contributed by atoms with van der Waals surface area (Å²) in [5.41, 5.74) is 0. The average molecular weight is 369 g/mol. The van der Waals surface area contributed by atoms with Crippen molar-refractivity contribution < 1.29 is 24.9 Å². The summed E-state index contributed by atoms with van der Waals surface area (Å²) in [6.45, 7) is 2.12. The van der Waals surface area contributed by atoms with Gasteiger partial charge in [0.25, 0.3) is 0 Å². The highest BCUT2D eigenvalue weighted by atomic mass is 16.4. The van der Waals surface area contributed by atoms with Crippen LogP contribution in [0.3, 0.4) is 0 Å². The summed E-state index contributed by atoms with van der Waals surface area (Å²) >= 11 is 0. The van der Waals surface area contributed by atoms with Crippen molar-refractivity contribution in [3.8, 4) is 0 Å². The molecule has 0 amide bonds. The van der Waals surface area contributed by atoms with E-state index in [0.717, 1.165) is 51.4 Å². The predicted molar refractivity (Wildman–Crippen MR) is 102 cm³/mol. The molecule has 26 heavy (non-hydrogen) atoms. The van der Waals surface area contributed by atoms with Gasteiger partial charge in [0.05, 0.1) is 12.2 Å². The van der Waals surface area contributed by atoms with Gasteiger partial charge in [0.2, 0.25) is 0 Å². The van der Waals surface area contributed by atoms with E-state index in [4.69, 9.17) is 5.11 Å². The second-order valence-corrected chi connectivity index (χ2v) is 7.55. The maximum Gasteiger partial charge on any atom is 0.303 e. The number of hydrogen-bond acceptors (Lipinski definition) is 4. The Hall–Kier alpha value is -1.20. The Morgan fingerprint density at radius 1 is 1.19 bits per heavy atom. The van der Waals surface area contributed by atoms with E-state index >= 15 is 0 Å². The molecule has 5 heteroatoms. The number of aliphatic carboxylic acids is 1. The summed E-state index contributed by atoms with van der Waals surface area (Å²) in [6, 6.07) is 0. The van der Waals surface area contributed by atoms with Crippen LogP contribution < -0.4 is 0 Å². The highest BCUT2D eigenvalue weighted by Crippen LogP contribution is 2.33. The topological polar surface area (TPSA) is 94.8 Å². The van der Waals surface area contributed by atoms with E-state index in [1.807, 2.05) is 6.08 Å². The standard InChI is InChI=1S/C21H36O5/c1-2-3-6-9-16(22)12-13-18-17(19(23)14-15-20(18)24)10-7-4-5-8-11-21(25)26/h12-13,16-18,20,22,24H,2-11,14-15H2,1H3,(H,25,26)/b13-12+/t16-,17+,18+,20+/m0/s1. The molecule has 0 aromatic heterocycles. The second kappa shape index (κ2) is 13.0. The number of carboxylic acids is 1. The maximum atomic E-state index is 12.3. The largest absolute Gasteiger partial charge is 0.481 e. The monoisotopic (exact) mass is 368 g/mol. The molecular formula is C21H36O5. The van der Waals surface area contributed by atoms with Crippen molar-refractivity contribution in [2.24, 2.45) is 11.8 Å². The number of aliphatic hydroxyl groups is 2. The summed E-state index contributed by atoms with van der Waals surface area (Å²) in [7, 11) is 0. The quantitative estimate of drug-likeness (QED) is 0.339. The van der Waals surface area contributed by atoms with Gasteiger partial charge in [0, 0.05) is 24.7 Å². The number of ketones is 1. The molecule has 1 aliphatic carbocycles. The van der Waals surface area contributed by atoms with Crippen molar-refractivity contribution >= 4 is 11.8 Å². The minimum absolute atomic E-state index is 0.183. The van der Waals surface area contributed by atoms with Crippen LogP contribution in [0.25, 0.3) is 0 Å². The van der Waals surface area contributed by atoms with Crippen LogP contribution in [0, 0.1) is 11.8 Å². The van der Waals surface area contributed by atoms with Crippen molar-refractivity contribution in [3.05, 3.63) is 12.2 Å². The first-order valence-electron chi connectivity index (χ1n) is 10.2. The van der Waals surface area contributed by atoms with Crippen LogP contribution in [0.5, 0.6) is 0 Å². The highest BCUT2D eigenvalue weighted by molar-refractivity contribution is 5.82. The van der Waals surface area contributed by atoms with Gasteiger partial charge >= 0.3 is 5.97 Å². The molecule has 0 heterocycles. The Morgan fingerprint density at radius 2 is 1.92 bits per heavy atom. The van der Waals surface area contributed by atoms with Crippen molar-refractivity contribution in [2.45, 2.75) is 96.2 Å². The maximum absolute atomic E-state index is 12.3. The number of carboxylic acid groups (broad SMARTS) is 1. The summed E-state index contributed by atoms with van der Waals surface area (Å²) in [5, 5.41) is 29.0. The van der Waals surface area contributed by atoms with Crippen molar-refractivity contribution in [1.29, 1.82) is 0 Å². The van der Waals surface area contributed by atoms with Gasteiger partial charge in [0.15, 0.2) is 0 Å². The van der Waals surface area contributed by atoms with E-state index in [0.29, 0.717) is 19.3 Å². The molecule has 0 aliphatic heterocycles. The molecule has 0 spiro atoms. The molecule has 3 N–H and O–H groups in total. The number of Topliss-reactive ketones (excluding diaryl/α,β-unsaturated/α-hetero) is 1. The molecule has 5 nitrogen and oxygen atoms in total. The molecule has 1 fully saturated rings. The van der Waals surface area contributed by atoms with Crippen LogP contribution in [0.4, 0.5) is 0 Å². The van der Waals surface area contributed by atoms with Crippen LogP contribution in [-0.2, 0) is 9.59 Å². The number of hydrogen-bond donors (Lipinski definition) is 3. The molecule has 0 saturated heterocycles. The minimum Gasteiger partial charge on any atom is -0.481 e. The zero-order chi connectivity index (χ0) is 19.4. The van der Waals surface area contributed by atoms with Crippen molar-refractivity contribution in [1.82, 2.24) is 0 Å². The molecule has 1 rings (SSSR count). The van der Waals surface area contributed by atoms with Crippen molar-refractivity contribution in [3.63, 3.8) is 0 Å². The van der Waals surface area contributed by atoms with Gasteiger partial charge < -0.3 is 15.3 Å². The Bertz CT molecular complexity index is 446. The van der Waals surface area contributed by atoms with Gasteiger partial charge in [-0.2, -0.15) is 0 Å². The zero-order valence-corrected chi connectivity index (χ0v) is 16.1. The Labute approximate surface area is 157 Å². The van der Waals surface area contributed by atoms with Gasteiger partial charge in [-0.05, 0) is 25.7 Å². The van der Waals surface area contributed by atoms with E-state index < -0.39 is 18.2 Å². The molecule has 150 valence electrons. The summed E-state index contributed by atoms with van der Waals surface area (Å²) < 4.78 is 0. The van der Waals surface area contributed by atoms with E-state index in [-0.39, 0.29) is 24.0 Å². The van der Waals surface area contributed by atoms with Crippen LogP contribution in [0.2, 0.25) is 0 Å². The number of unbranched alkanes of at least 4 members (excludes halogenated alkanes) is 5. The summed E-state index contributed by atoms with van der Waals surface area (Å²) in [5.74, 6) is -0.956. The molecule has 4 atom stereocenters. The number of aliphatic hydroxyl groups excluding tert-OH is 2. The van der Waals surface area contributed by atoms with E-state index in [2.05, 4.69) is 6.92 Å². The lowest BCUT2D eigenvalue weighted by molar-refractivity contribution is -0.137. The Morgan fingerprint density at radius 3 is 2.62 bits per heavy atom. The fraction of sp³-hybridized carbons (Fsp3) is 0.810. The Kier molecular flexibility index (Phi) is 11.5. The van der Waals surface area contributed by atoms with Crippen LogP contribution >= 0.6 is 0 Å². The molecule has 0 bridgehead atoms. The molecule has 0 unspecified atom stereocenters. The fourth-order valence-electron chi connectivity index (χ4n) is 3.72. The lowest BCUT2D eigenvalue weighted by Crippen LogP contribution is -2.37. The van der Waals surface area contributed by atoms with Crippen LogP contribution in [-0.4, -0.2) is 39.3 Å². The first-order chi connectivity index (χ1) is 12.5. The molecule has 0 aromatic rings. The third-order valence-corrected chi connectivity index (χ3v) is 5.32. The third-order valence-electron chi connectivity index (χ3n) is 5.32. The van der Waals surface area contributed by atoms with Gasteiger partial charge in [-0.3, -0.25) is 9.59 Å². The van der Waals surface area contributed by atoms with E-state index in [9.17, 15) is 19.8 Å². The number of carbonyl (C=O) groups excluding carboxylic acids is 1. The summed E-state index contributed by atoms with van der Waals surface area (Å²) in [6.07, 6.45) is 11.6. The zero-order valence-electron chi connectivity index (χ0n) is 16.1. The average Bonchev–Trinajstić information content (AvgIpc) is 2.59. The third kappa shape index (κ3) is 8.95. The first-order valence-corrected chi connectivity index (χ1v) is 10.2. The Balaban J connectivity index is 2.47. The highest BCUT2D eigenvalue weighted by Gasteiger charge is 2.35. The second-order valence-electron chi connectivity index (χ2n) is 7.55. The number of carbonyl (C=O) groups is 2. The number of rotatable bonds is 13. The van der Waals surface area contributed by atoms with Crippen LogP contribution in [0.15, 0.2) is 12.2 Å². The summed E-state index contributed by atoms with van der Waals surface area (Å²) in [4.78, 5) is 22.8. The molecule has 1 aliphatic rings. The van der Waals surface area contributed by atoms with Gasteiger partial charge in [-0.1, -0.05) is 57.6 Å². The molecule has 1 saturated carbocycles. The minimum atomic E-state index is -0.765.